The van der Waals surface area contributed by atoms with Crippen LogP contribution in [0, 0.1) is 0 Å². The molecule has 5 nitrogen and oxygen atoms in total. The summed E-state index contributed by atoms with van der Waals surface area (Å²) >= 11 is 1.65. The highest BCUT2D eigenvalue weighted by Crippen LogP contribution is 2.26. The smallest absolute Gasteiger partial charge is 0.258 e. The molecule has 0 aliphatic carbocycles. The molecule has 0 aliphatic heterocycles. The Morgan fingerprint density at radius 1 is 1.32 bits per heavy atom. The number of anilines is 1. The van der Waals surface area contributed by atoms with Gasteiger partial charge in [-0.15, -0.1) is 11.3 Å². The van der Waals surface area contributed by atoms with Crippen LogP contribution < -0.4 is 5.73 Å². The third kappa shape index (κ3) is 2.43. The topological polar surface area (TPSA) is 85.2 Å². The lowest BCUT2D eigenvalue weighted by molar-refractivity contribution is 0.424. The number of rotatable bonds is 3. The highest BCUT2D eigenvalue weighted by Gasteiger charge is 2.11. The lowest BCUT2D eigenvalue weighted by Gasteiger charge is -1.99. The molecule has 3 aromatic rings. The van der Waals surface area contributed by atoms with Gasteiger partial charge in [0.2, 0.25) is 0 Å². The SMILES string of the molecule is Nc1cc(-c2nc(Cc3cccs3)no2)ccc1O. The van der Waals surface area contributed by atoms with Crippen molar-refractivity contribution < 1.29 is 9.63 Å². The summed E-state index contributed by atoms with van der Waals surface area (Å²) in [6.45, 7) is 0. The van der Waals surface area contributed by atoms with Crippen molar-refractivity contribution in [1.29, 1.82) is 0 Å². The molecule has 0 fully saturated rings. The number of phenolic OH excluding ortho intramolecular Hbond substituents is 1. The van der Waals surface area contributed by atoms with E-state index in [0.29, 0.717) is 23.7 Å². The van der Waals surface area contributed by atoms with Gasteiger partial charge in [-0.05, 0) is 29.6 Å². The van der Waals surface area contributed by atoms with Crippen molar-refractivity contribution in [3.05, 3.63) is 46.4 Å². The third-order valence-corrected chi connectivity index (χ3v) is 3.53. The first-order valence-corrected chi connectivity index (χ1v) is 6.54. The summed E-state index contributed by atoms with van der Waals surface area (Å²) in [4.78, 5) is 5.50. The van der Waals surface area contributed by atoms with Crippen LogP contribution in [-0.4, -0.2) is 15.2 Å². The van der Waals surface area contributed by atoms with Gasteiger partial charge >= 0.3 is 0 Å². The Hall–Kier alpha value is -2.34. The molecule has 96 valence electrons. The van der Waals surface area contributed by atoms with Gasteiger partial charge in [-0.3, -0.25) is 0 Å². The normalized spacial score (nSPS) is 10.7. The van der Waals surface area contributed by atoms with E-state index in [1.807, 2.05) is 17.5 Å². The van der Waals surface area contributed by atoms with Gasteiger partial charge in [0, 0.05) is 16.9 Å². The molecule has 0 spiro atoms. The van der Waals surface area contributed by atoms with Gasteiger partial charge in [-0.25, -0.2) is 0 Å². The second-order valence-electron chi connectivity index (χ2n) is 4.05. The fourth-order valence-corrected chi connectivity index (χ4v) is 2.40. The summed E-state index contributed by atoms with van der Waals surface area (Å²) in [6.07, 6.45) is 0.648. The van der Waals surface area contributed by atoms with E-state index < -0.39 is 0 Å². The Kier molecular flexibility index (Phi) is 2.92. The molecule has 1 aromatic carbocycles. The second kappa shape index (κ2) is 4.74. The van der Waals surface area contributed by atoms with Gasteiger partial charge in [-0.2, -0.15) is 4.98 Å². The van der Waals surface area contributed by atoms with Gasteiger partial charge in [0.25, 0.3) is 5.89 Å². The lowest BCUT2D eigenvalue weighted by atomic mass is 10.2. The molecular weight excluding hydrogens is 262 g/mol. The quantitative estimate of drug-likeness (QED) is 0.566. The summed E-state index contributed by atoms with van der Waals surface area (Å²) in [7, 11) is 0. The minimum absolute atomic E-state index is 0.0436. The van der Waals surface area contributed by atoms with Crippen LogP contribution in [0.15, 0.2) is 40.2 Å². The van der Waals surface area contributed by atoms with E-state index in [2.05, 4.69) is 10.1 Å². The number of nitrogen functional groups attached to an aromatic ring is 1. The van der Waals surface area contributed by atoms with E-state index in [4.69, 9.17) is 10.3 Å². The first-order chi connectivity index (χ1) is 9.22. The molecule has 3 N–H and O–H groups in total. The molecule has 0 amide bonds. The molecule has 3 rings (SSSR count). The lowest BCUT2D eigenvalue weighted by Crippen LogP contribution is -1.89. The van der Waals surface area contributed by atoms with E-state index in [1.165, 1.54) is 10.9 Å². The number of aromatic hydroxyl groups is 1. The zero-order valence-corrected chi connectivity index (χ0v) is 10.7. The summed E-state index contributed by atoms with van der Waals surface area (Å²) in [5.41, 5.74) is 6.62. The van der Waals surface area contributed by atoms with Crippen LogP contribution in [0.5, 0.6) is 5.75 Å². The van der Waals surface area contributed by atoms with Crippen LogP contribution in [0.2, 0.25) is 0 Å². The zero-order chi connectivity index (χ0) is 13.2. The van der Waals surface area contributed by atoms with Crippen LogP contribution in [0.4, 0.5) is 5.69 Å². The molecule has 2 heterocycles. The first-order valence-electron chi connectivity index (χ1n) is 5.66. The zero-order valence-electron chi connectivity index (χ0n) is 9.91. The van der Waals surface area contributed by atoms with E-state index in [-0.39, 0.29) is 11.4 Å². The first kappa shape index (κ1) is 11.7. The molecule has 0 saturated heterocycles. The average molecular weight is 273 g/mol. The van der Waals surface area contributed by atoms with Crippen LogP contribution in [0.1, 0.15) is 10.7 Å². The van der Waals surface area contributed by atoms with Crippen molar-refractivity contribution in [1.82, 2.24) is 10.1 Å². The van der Waals surface area contributed by atoms with Gasteiger partial charge < -0.3 is 15.4 Å². The summed E-state index contributed by atoms with van der Waals surface area (Å²) in [5.74, 6) is 1.07. The second-order valence-corrected chi connectivity index (χ2v) is 5.08. The fraction of sp³-hybridized carbons (Fsp3) is 0.0769. The molecule has 0 radical (unpaired) electrons. The molecule has 6 heteroatoms. The van der Waals surface area contributed by atoms with E-state index >= 15 is 0 Å². The van der Waals surface area contributed by atoms with Gasteiger partial charge in [0.15, 0.2) is 5.82 Å². The number of hydrogen-bond acceptors (Lipinski definition) is 6. The maximum atomic E-state index is 9.38. The Balaban J connectivity index is 1.86. The third-order valence-electron chi connectivity index (χ3n) is 2.66. The molecular formula is C13H11N3O2S. The van der Waals surface area contributed by atoms with Crippen LogP contribution in [0.25, 0.3) is 11.5 Å². The van der Waals surface area contributed by atoms with Crippen molar-refractivity contribution in [3.63, 3.8) is 0 Å². The van der Waals surface area contributed by atoms with Gasteiger partial charge in [0.05, 0.1) is 5.69 Å². The molecule has 0 unspecified atom stereocenters. The molecule has 0 atom stereocenters. The number of thiophene rings is 1. The Morgan fingerprint density at radius 2 is 2.21 bits per heavy atom. The number of aromatic nitrogens is 2. The number of nitrogens with zero attached hydrogens (tertiary/aromatic N) is 2. The van der Waals surface area contributed by atoms with E-state index in [0.717, 1.165) is 0 Å². The highest BCUT2D eigenvalue weighted by atomic mass is 32.1. The number of benzene rings is 1. The molecule has 0 bridgehead atoms. The monoisotopic (exact) mass is 273 g/mol. The van der Waals surface area contributed by atoms with Gasteiger partial charge in [0.1, 0.15) is 5.75 Å². The minimum Gasteiger partial charge on any atom is -0.506 e. The predicted octanol–water partition coefficient (Wildman–Crippen LogP) is 2.68. The highest BCUT2D eigenvalue weighted by molar-refractivity contribution is 7.09. The van der Waals surface area contributed by atoms with Gasteiger partial charge in [-0.1, -0.05) is 11.2 Å². The van der Waals surface area contributed by atoms with Crippen molar-refractivity contribution in [3.8, 4) is 17.2 Å². The maximum Gasteiger partial charge on any atom is 0.258 e. The number of nitrogens with two attached hydrogens (primary N) is 1. The summed E-state index contributed by atoms with van der Waals surface area (Å²) < 4.78 is 5.20. The van der Waals surface area contributed by atoms with Crippen LogP contribution in [0.3, 0.4) is 0 Å². The summed E-state index contributed by atoms with van der Waals surface area (Å²) in [5, 5.41) is 15.3. The summed E-state index contributed by atoms with van der Waals surface area (Å²) in [6, 6.07) is 8.82. The van der Waals surface area contributed by atoms with Crippen molar-refractivity contribution in [2.24, 2.45) is 0 Å². The van der Waals surface area contributed by atoms with Crippen molar-refractivity contribution in [2.75, 3.05) is 5.73 Å². The Bertz CT molecular complexity index is 692. The van der Waals surface area contributed by atoms with Crippen molar-refractivity contribution >= 4 is 17.0 Å². The van der Waals surface area contributed by atoms with E-state index in [9.17, 15) is 5.11 Å². The minimum atomic E-state index is 0.0436. The molecule has 2 aromatic heterocycles. The largest absolute Gasteiger partial charge is 0.506 e. The van der Waals surface area contributed by atoms with Crippen LogP contribution >= 0.6 is 11.3 Å². The Morgan fingerprint density at radius 3 is 2.95 bits per heavy atom. The maximum absolute atomic E-state index is 9.38. The van der Waals surface area contributed by atoms with Crippen molar-refractivity contribution in [2.45, 2.75) is 6.42 Å². The Labute approximate surface area is 113 Å². The fourth-order valence-electron chi connectivity index (χ4n) is 1.70. The predicted molar refractivity (Wildman–Crippen MR) is 72.9 cm³/mol. The molecule has 19 heavy (non-hydrogen) atoms. The number of phenols is 1. The molecule has 0 saturated carbocycles. The molecule has 0 aliphatic rings. The van der Waals surface area contributed by atoms with Crippen LogP contribution in [-0.2, 0) is 6.42 Å². The standard InChI is InChI=1S/C13H11N3O2S/c14-10-6-8(3-4-11(10)17)13-15-12(16-18-13)7-9-2-1-5-19-9/h1-6,17H,7,14H2. The van der Waals surface area contributed by atoms with E-state index in [1.54, 1.807) is 23.5 Å². The average Bonchev–Trinajstić information content (AvgIpc) is 3.05. The number of hydrogen-bond donors (Lipinski definition) is 2.